The Morgan fingerprint density at radius 3 is 1.07 bits per heavy atom. The lowest BCUT2D eigenvalue weighted by Gasteiger charge is -2.38. The first kappa shape index (κ1) is 39.9. The van der Waals surface area contributed by atoms with E-state index in [1.165, 1.54) is 173 Å². The standard InChI is InChI=1S/C37H75NO3S/c1-3-5-7-9-11-13-15-17-19-20-21-23-25-27-29-31-33-38-35-37(36-38)41-42(39,40)34-32-30-28-26-24-22-18-16-14-12-10-8-6-4-2/h37H,3-36H2,1-2H3. The Morgan fingerprint density at radius 1 is 0.452 bits per heavy atom. The largest absolute Gasteiger partial charge is 0.298 e. The van der Waals surface area contributed by atoms with Crippen LogP contribution < -0.4 is 0 Å². The van der Waals surface area contributed by atoms with Gasteiger partial charge in [0.05, 0.1) is 5.75 Å². The highest BCUT2D eigenvalue weighted by Gasteiger charge is 2.31. The van der Waals surface area contributed by atoms with Crippen molar-refractivity contribution in [3.05, 3.63) is 0 Å². The van der Waals surface area contributed by atoms with Crippen LogP contribution in [0, 0.1) is 0 Å². The molecule has 4 nitrogen and oxygen atoms in total. The second kappa shape index (κ2) is 29.6. The van der Waals surface area contributed by atoms with E-state index in [2.05, 4.69) is 18.7 Å². The van der Waals surface area contributed by atoms with E-state index in [1.54, 1.807) is 0 Å². The number of hydrogen-bond donors (Lipinski definition) is 0. The van der Waals surface area contributed by atoms with Crippen molar-refractivity contribution in [2.24, 2.45) is 0 Å². The van der Waals surface area contributed by atoms with Crippen LogP contribution in [0.2, 0.25) is 0 Å². The van der Waals surface area contributed by atoms with Crippen LogP contribution in [0.3, 0.4) is 0 Å². The molecule has 0 unspecified atom stereocenters. The van der Waals surface area contributed by atoms with Crippen LogP contribution in [0.15, 0.2) is 0 Å². The summed E-state index contributed by atoms with van der Waals surface area (Å²) < 4.78 is 30.2. The van der Waals surface area contributed by atoms with Gasteiger partial charge >= 0.3 is 0 Å². The van der Waals surface area contributed by atoms with Crippen molar-refractivity contribution < 1.29 is 12.6 Å². The molecular formula is C37H75NO3S. The smallest absolute Gasteiger partial charge is 0.267 e. The fourth-order valence-electron chi connectivity index (χ4n) is 6.38. The number of likely N-dealkylation sites (tertiary alicyclic amines) is 1. The second-order valence-electron chi connectivity index (χ2n) is 13.6. The molecule has 0 aromatic heterocycles. The van der Waals surface area contributed by atoms with E-state index < -0.39 is 10.1 Å². The lowest BCUT2D eigenvalue weighted by Crippen LogP contribution is -2.53. The van der Waals surface area contributed by atoms with Crippen molar-refractivity contribution in [1.82, 2.24) is 4.90 Å². The summed E-state index contributed by atoms with van der Waals surface area (Å²) in [5.41, 5.74) is 0. The van der Waals surface area contributed by atoms with Gasteiger partial charge in [0.2, 0.25) is 0 Å². The second-order valence-corrected chi connectivity index (χ2v) is 15.4. The minimum absolute atomic E-state index is 0.109. The van der Waals surface area contributed by atoms with E-state index >= 15 is 0 Å². The van der Waals surface area contributed by atoms with Gasteiger partial charge in [-0.1, -0.05) is 194 Å². The summed E-state index contributed by atoms with van der Waals surface area (Å²) in [5.74, 6) is 0.195. The average Bonchev–Trinajstić information content (AvgIpc) is 2.95. The first-order chi connectivity index (χ1) is 20.6. The highest BCUT2D eigenvalue weighted by molar-refractivity contribution is 7.86. The Balaban J connectivity index is 1.79. The van der Waals surface area contributed by atoms with Gasteiger partial charge < -0.3 is 0 Å². The van der Waals surface area contributed by atoms with Crippen molar-refractivity contribution in [3.63, 3.8) is 0 Å². The van der Waals surface area contributed by atoms with Gasteiger partial charge in [-0.15, -0.1) is 0 Å². The van der Waals surface area contributed by atoms with Crippen molar-refractivity contribution in [3.8, 4) is 0 Å². The Hall–Kier alpha value is -0.130. The Labute approximate surface area is 265 Å². The van der Waals surface area contributed by atoms with Crippen LogP contribution in [0.1, 0.15) is 206 Å². The van der Waals surface area contributed by atoms with Crippen molar-refractivity contribution in [1.29, 1.82) is 0 Å². The molecule has 252 valence electrons. The fraction of sp³-hybridized carbons (Fsp3) is 1.00. The topological polar surface area (TPSA) is 46.6 Å². The third kappa shape index (κ3) is 26.3. The van der Waals surface area contributed by atoms with Gasteiger partial charge in [-0.05, 0) is 19.4 Å². The quantitative estimate of drug-likeness (QED) is 0.0535. The van der Waals surface area contributed by atoms with Crippen LogP contribution >= 0.6 is 0 Å². The lowest BCUT2D eigenvalue weighted by atomic mass is 10.0. The monoisotopic (exact) mass is 614 g/mol. The summed E-state index contributed by atoms with van der Waals surface area (Å²) in [5, 5.41) is 0. The maximum absolute atomic E-state index is 12.3. The Kier molecular flexibility index (Phi) is 28.1. The molecule has 0 saturated carbocycles. The molecule has 0 amide bonds. The molecule has 0 N–H and O–H groups in total. The number of hydrogen-bond acceptors (Lipinski definition) is 4. The maximum Gasteiger partial charge on any atom is 0.267 e. The molecule has 0 atom stereocenters. The molecule has 1 fully saturated rings. The molecule has 0 aromatic carbocycles. The summed E-state index contributed by atoms with van der Waals surface area (Å²) in [6.07, 6.45) is 40.2. The molecule has 5 heteroatoms. The molecule has 1 saturated heterocycles. The van der Waals surface area contributed by atoms with Gasteiger partial charge in [0, 0.05) is 13.1 Å². The molecule has 42 heavy (non-hydrogen) atoms. The van der Waals surface area contributed by atoms with E-state index in [-0.39, 0.29) is 11.9 Å². The van der Waals surface area contributed by atoms with Crippen molar-refractivity contribution in [2.75, 3.05) is 25.4 Å². The summed E-state index contributed by atoms with van der Waals surface area (Å²) in [4.78, 5) is 2.36. The van der Waals surface area contributed by atoms with Gasteiger partial charge in [0.1, 0.15) is 6.10 Å². The van der Waals surface area contributed by atoms with E-state index in [1.807, 2.05) is 0 Å². The van der Waals surface area contributed by atoms with E-state index in [0.717, 1.165) is 38.9 Å². The highest BCUT2D eigenvalue weighted by atomic mass is 32.2. The zero-order chi connectivity index (χ0) is 30.4. The van der Waals surface area contributed by atoms with Crippen molar-refractivity contribution in [2.45, 2.75) is 213 Å². The molecule has 0 bridgehead atoms. The Morgan fingerprint density at radius 2 is 0.738 bits per heavy atom. The SMILES string of the molecule is CCCCCCCCCCCCCCCCCCN1CC(OS(=O)(=O)CCCCCCCCCCCCCCCC)C1. The van der Waals surface area contributed by atoms with Gasteiger partial charge in [0.25, 0.3) is 10.1 Å². The normalized spacial score (nSPS) is 14.5. The van der Waals surface area contributed by atoms with Gasteiger partial charge in [-0.25, -0.2) is 0 Å². The minimum atomic E-state index is -3.36. The molecule has 1 aliphatic rings. The maximum atomic E-state index is 12.3. The van der Waals surface area contributed by atoms with E-state index in [0.29, 0.717) is 0 Å². The summed E-state index contributed by atoms with van der Waals surface area (Å²) in [6.45, 7) is 7.24. The predicted molar refractivity (Wildman–Crippen MR) is 185 cm³/mol. The van der Waals surface area contributed by atoms with Crippen molar-refractivity contribution >= 4 is 10.1 Å². The number of unbranched alkanes of at least 4 members (excludes halogenated alkanes) is 28. The summed E-state index contributed by atoms with van der Waals surface area (Å²) >= 11 is 0. The third-order valence-electron chi connectivity index (χ3n) is 9.28. The molecule has 1 rings (SSSR count). The third-order valence-corrected chi connectivity index (χ3v) is 10.6. The molecular weight excluding hydrogens is 538 g/mol. The fourth-order valence-corrected chi connectivity index (χ4v) is 7.57. The lowest BCUT2D eigenvalue weighted by molar-refractivity contribution is 0.0234. The van der Waals surface area contributed by atoms with Gasteiger partial charge in [0.15, 0.2) is 0 Å². The highest BCUT2D eigenvalue weighted by Crippen LogP contribution is 2.18. The predicted octanol–water partition coefficient (Wildman–Crippen LogP) is 11.8. The molecule has 0 aromatic rings. The molecule has 0 aliphatic carbocycles. The van der Waals surface area contributed by atoms with Crippen LogP contribution in [0.25, 0.3) is 0 Å². The van der Waals surface area contributed by atoms with E-state index in [9.17, 15) is 8.42 Å². The van der Waals surface area contributed by atoms with Crippen LogP contribution in [0.4, 0.5) is 0 Å². The molecule has 0 spiro atoms. The zero-order valence-corrected chi connectivity index (χ0v) is 29.5. The molecule has 1 aliphatic heterocycles. The van der Waals surface area contributed by atoms with E-state index in [4.69, 9.17) is 4.18 Å². The number of nitrogens with zero attached hydrogens (tertiary/aromatic N) is 1. The zero-order valence-electron chi connectivity index (χ0n) is 28.7. The van der Waals surface area contributed by atoms with Gasteiger partial charge in [-0.3, -0.25) is 9.08 Å². The van der Waals surface area contributed by atoms with Crippen LogP contribution in [0.5, 0.6) is 0 Å². The summed E-state index contributed by atoms with van der Waals surface area (Å²) in [7, 11) is -3.36. The van der Waals surface area contributed by atoms with Gasteiger partial charge in [-0.2, -0.15) is 8.42 Å². The summed E-state index contributed by atoms with van der Waals surface area (Å²) in [6, 6.07) is 0. The first-order valence-corrected chi connectivity index (χ1v) is 20.8. The van der Waals surface area contributed by atoms with Crippen LogP contribution in [-0.2, 0) is 14.3 Å². The van der Waals surface area contributed by atoms with Crippen LogP contribution in [-0.4, -0.2) is 44.8 Å². The average molecular weight is 614 g/mol. The molecule has 0 radical (unpaired) electrons. The molecule has 1 heterocycles. The first-order valence-electron chi connectivity index (χ1n) is 19.2. The minimum Gasteiger partial charge on any atom is -0.298 e. The number of rotatable bonds is 34. The Bertz CT molecular complexity index is 647.